The van der Waals surface area contributed by atoms with Crippen molar-refractivity contribution in [3.63, 3.8) is 0 Å². The Bertz CT molecular complexity index is 389. The maximum atomic E-state index is 13.1. The minimum atomic E-state index is -0.773. The second-order valence-electron chi connectivity index (χ2n) is 4.71. The summed E-state index contributed by atoms with van der Waals surface area (Å²) in [5, 5.41) is 0.997. The van der Waals surface area contributed by atoms with Gasteiger partial charge in [0.25, 0.3) is 0 Å². The van der Waals surface area contributed by atoms with Gasteiger partial charge in [-0.05, 0) is 36.5 Å². The first-order valence-electron chi connectivity index (χ1n) is 5.79. The first kappa shape index (κ1) is 13.3. The van der Waals surface area contributed by atoms with Gasteiger partial charge in [-0.1, -0.05) is 28.8 Å². The fourth-order valence-corrected chi connectivity index (χ4v) is 4.48. The first-order valence-corrected chi connectivity index (χ1v) is 7.90. The zero-order valence-corrected chi connectivity index (χ0v) is 11.9. The number of alkyl halides is 1. The summed E-state index contributed by atoms with van der Waals surface area (Å²) in [5.74, 6) is -0.553. The van der Waals surface area contributed by atoms with Gasteiger partial charge in [-0.25, -0.2) is 8.78 Å². The lowest BCUT2D eigenvalue weighted by molar-refractivity contribution is 0.405. The maximum Gasteiger partial charge on any atom is 0.159 e. The molecule has 0 saturated heterocycles. The molecule has 0 N–H and O–H groups in total. The largest absolute Gasteiger partial charge is 0.204 e. The monoisotopic (exact) mass is 320 g/mol. The van der Waals surface area contributed by atoms with Crippen molar-refractivity contribution in [2.24, 2.45) is 5.41 Å². The highest BCUT2D eigenvalue weighted by atomic mass is 79.9. The fraction of sp³-hybridized carbons (Fsp3) is 0.538. The molecule has 1 aliphatic rings. The third-order valence-electron chi connectivity index (χ3n) is 3.38. The van der Waals surface area contributed by atoms with Crippen LogP contribution in [0, 0.1) is 17.0 Å². The highest BCUT2D eigenvalue weighted by molar-refractivity contribution is 9.09. The van der Waals surface area contributed by atoms with E-state index in [2.05, 4.69) is 15.9 Å². The summed E-state index contributed by atoms with van der Waals surface area (Å²) in [4.78, 5) is 0.816. The quantitative estimate of drug-likeness (QED) is 0.555. The molecule has 94 valence electrons. The summed E-state index contributed by atoms with van der Waals surface area (Å²) < 4.78 is 25.8. The fourth-order valence-electron chi connectivity index (χ4n) is 2.24. The van der Waals surface area contributed by atoms with E-state index in [-0.39, 0.29) is 0 Å². The SMILES string of the molecule is Fc1ccc(SCC2(CBr)CCCC2)cc1F. The van der Waals surface area contributed by atoms with Gasteiger partial charge in [-0.15, -0.1) is 11.8 Å². The van der Waals surface area contributed by atoms with Crippen molar-refractivity contribution in [3.05, 3.63) is 29.8 Å². The Kier molecular flexibility index (Phi) is 4.47. The zero-order chi connectivity index (χ0) is 12.3. The lowest BCUT2D eigenvalue weighted by atomic mass is 9.92. The van der Waals surface area contributed by atoms with Crippen molar-refractivity contribution >= 4 is 27.7 Å². The predicted molar refractivity (Wildman–Crippen MR) is 71.8 cm³/mol. The Morgan fingerprint density at radius 1 is 1.18 bits per heavy atom. The summed E-state index contributed by atoms with van der Waals surface area (Å²) in [6.07, 6.45) is 5.03. The average molecular weight is 321 g/mol. The molecule has 0 atom stereocenters. The molecule has 4 heteroatoms. The Labute approximate surface area is 113 Å². The molecule has 1 aromatic carbocycles. The van der Waals surface area contributed by atoms with E-state index in [1.807, 2.05) is 0 Å². The Morgan fingerprint density at radius 3 is 2.47 bits per heavy atom. The molecule has 1 fully saturated rings. The molecule has 0 spiro atoms. The van der Waals surface area contributed by atoms with E-state index in [1.165, 1.54) is 37.8 Å². The summed E-state index contributed by atoms with van der Waals surface area (Å²) in [7, 11) is 0. The number of hydrogen-bond donors (Lipinski definition) is 0. The van der Waals surface area contributed by atoms with Crippen LogP contribution in [0.1, 0.15) is 25.7 Å². The number of hydrogen-bond acceptors (Lipinski definition) is 1. The number of rotatable bonds is 4. The molecular formula is C13H15BrF2S. The zero-order valence-electron chi connectivity index (χ0n) is 9.52. The first-order chi connectivity index (χ1) is 8.15. The van der Waals surface area contributed by atoms with Crippen LogP contribution in [-0.4, -0.2) is 11.1 Å². The van der Waals surface area contributed by atoms with Crippen LogP contribution in [0.4, 0.5) is 8.78 Å². The highest BCUT2D eigenvalue weighted by Crippen LogP contribution is 2.43. The lowest BCUT2D eigenvalue weighted by Gasteiger charge is -2.25. The molecule has 0 aliphatic heterocycles. The van der Waals surface area contributed by atoms with Gasteiger partial charge in [0.05, 0.1) is 0 Å². The Hall–Kier alpha value is -0.0900. The minimum absolute atomic E-state index is 0.343. The summed E-state index contributed by atoms with van der Waals surface area (Å²) in [5.41, 5.74) is 0.343. The van der Waals surface area contributed by atoms with Crippen LogP contribution >= 0.6 is 27.7 Å². The molecule has 0 heterocycles. The van der Waals surface area contributed by atoms with Gasteiger partial charge in [0, 0.05) is 16.0 Å². The average Bonchev–Trinajstić information content (AvgIpc) is 2.80. The van der Waals surface area contributed by atoms with E-state index in [4.69, 9.17) is 0 Å². The third-order valence-corrected chi connectivity index (χ3v) is 5.92. The molecule has 0 radical (unpaired) electrons. The van der Waals surface area contributed by atoms with Crippen molar-refractivity contribution in [1.29, 1.82) is 0 Å². The number of halogens is 3. The molecular weight excluding hydrogens is 306 g/mol. The van der Waals surface area contributed by atoms with Crippen LogP contribution in [0.25, 0.3) is 0 Å². The van der Waals surface area contributed by atoms with E-state index < -0.39 is 11.6 Å². The van der Waals surface area contributed by atoms with Crippen LogP contribution < -0.4 is 0 Å². The molecule has 1 aromatic rings. The van der Waals surface area contributed by atoms with Crippen LogP contribution in [0.15, 0.2) is 23.1 Å². The smallest absolute Gasteiger partial charge is 0.159 e. The third kappa shape index (κ3) is 3.22. The van der Waals surface area contributed by atoms with Crippen LogP contribution in [0.3, 0.4) is 0 Å². The van der Waals surface area contributed by atoms with Crippen molar-refractivity contribution in [1.82, 2.24) is 0 Å². The van der Waals surface area contributed by atoms with Gasteiger partial charge in [0.15, 0.2) is 11.6 Å². The van der Waals surface area contributed by atoms with Crippen LogP contribution in [-0.2, 0) is 0 Å². The molecule has 2 rings (SSSR count). The van der Waals surface area contributed by atoms with E-state index in [0.717, 1.165) is 16.0 Å². The predicted octanol–water partition coefficient (Wildman–Crippen LogP) is 5.01. The molecule has 0 unspecified atom stereocenters. The standard InChI is InChI=1S/C13H15BrF2S/c14-8-13(5-1-2-6-13)9-17-10-3-4-11(15)12(16)7-10/h3-4,7H,1-2,5-6,8-9H2. The molecule has 1 saturated carbocycles. The Morgan fingerprint density at radius 2 is 1.88 bits per heavy atom. The van der Waals surface area contributed by atoms with E-state index in [9.17, 15) is 8.78 Å². The Balaban J connectivity index is 1.99. The van der Waals surface area contributed by atoms with Crippen molar-refractivity contribution in [2.45, 2.75) is 30.6 Å². The summed E-state index contributed by atoms with van der Waals surface area (Å²) >= 11 is 5.21. The van der Waals surface area contributed by atoms with Gasteiger partial charge in [0.2, 0.25) is 0 Å². The van der Waals surface area contributed by atoms with Crippen molar-refractivity contribution in [3.8, 4) is 0 Å². The van der Waals surface area contributed by atoms with E-state index in [0.29, 0.717) is 5.41 Å². The van der Waals surface area contributed by atoms with Crippen LogP contribution in [0.5, 0.6) is 0 Å². The second kappa shape index (κ2) is 5.70. The van der Waals surface area contributed by atoms with Crippen molar-refractivity contribution in [2.75, 3.05) is 11.1 Å². The second-order valence-corrected chi connectivity index (χ2v) is 6.31. The molecule has 0 nitrogen and oxygen atoms in total. The van der Waals surface area contributed by atoms with Gasteiger partial charge in [-0.2, -0.15) is 0 Å². The lowest BCUT2D eigenvalue weighted by Crippen LogP contribution is -2.21. The minimum Gasteiger partial charge on any atom is -0.204 e. The van der Waals surface area contributed by atoms with Crippen LogP contribution in [0.2, 0.25) is 0 Å². The van der Waals surface area contributed by atoms with Gasteiger partial charge in [-0.3, -0.25) is 0 Å². The molecule has 17 heavy (non-hydrogen) atoms. The molecule has 0 aromatic heterocycles. The topological polar surface area (TPSA) is 0 Å². The van der Waals surface area contributed by atoms with Crippen molar-refractivity contribution < 1.29 is 8.78 Å². The normalized spacial score (nSPS) is 18.5. The molecule has 0 amide bonds. The number of thioether (sulfide) groups is 1. The van der Waals surface area contributed by atoms with E-state index >= 15 is 0 Å². The van der Waals surface area contributed by atoms with Gasteiger partial charge < -0.3 is 0 Å². The van der Waals surface area contributed by atoms with Gasteiger partial charge in [0.1, 0.15) is 0 Å². The molecule has 0 bridgehead atoms. The number of benzene rings is 1. The van der Waals surface area contributed by atoms with E-state index in [1.54, 1.807) is 17.8 Å². The molecule has 1 aliphatic carbocycles. The van der Waals surface area contributed by atoms with Gasteiger partial charge >= 0.3 is 0 Å². The maximum absolute atomic E-state index is 13.1. The summed E-state index contributed by atoms with van der Waals surface area (Å²) in [6.45, 7) is 0. The summed E-state index contributed by atoms with van der Waals surface area (Å²) in [6, 6.07) is 4.14. The highest BCUT2D eigenvalue weighted by Gasteiger charge is 2.32.